The molecule has 0 spiro atoms. The molecule has 2 aromatic rings. The summed E-state index contributed by atoms with van der Waals surface area (Å²) < 4.78 is 9.69. The van der Waals surface area contributed by atoms with E-state index < -0.39 is 5.97 Å². The zero-order chi connectivity index (χ0) is 18.1. The topological polar surface area (TPSA) is 89.6 Å². The van der Waals surface area contributed by atoms with E-state index in [1.54, 1.807) is 37.4 Å². The number of rotatable bonds is 8. The summed E-state index contributed by atoms with van der Waals surface area (Å²) in [6.45, 7) is 1.12. The van der Waals surface area contributed by atoms with Crippen LogP contribution < -0.4 is 10.6 Å². The highest BCUT2D eigenvalue weighted by molar-refractivity contribution is 5.96. The number of benzene rings is 1. The SMILES string of the molecule is COCCCNC(=O)c1ccc(Nc2ccccc2C(=O)OC)cn1. The van der Waals surface area contributed by atoms with Crippen LogP contribution >= 0.6 is 0 Å². The highest BCUT2D eigenvalue weighted by atomic mass is 16.5. The lowest BCUT2D eigenvalue weighted by molar-refractivity contribution is 0.0601. The second-order valence-corrected chi connectivity index (χ2v) is 5.20. The first kappa shape index (κ1) is 18.4. The highest BCUT2D eigenvalue weighted by Gasteiger charge is 2.12. The van der Waals surface area contributed by atoms with Crippen molar-refractivity contribution in [2.75, 3.05) is 32.7 Å². The fourth-order valence-electron chi connectivity index (χ4n) is 2.15. The standard InChI is InChI=1S/C18H21N3O4/c1-24-11-5-10-19-17(22)16-9-8-13(12-20-16)21-15-7-4-3-6-14(15)18(23)25-2/h3-4,6-9,12,21H,5,10-11H2,1-2H3,(H,19,22). The first-order valence-electron chi connectivity index (χ1n) is 7.83. The van der Waals surface area contributed by atoms with Crippen molar-refractivity contribution in [1.29, 1.82) is 0 Å². The van der Waals surface area contributed by atoms with Crippen LogP contribution in [0.3, 0.4) is 0 Å². The molecule has 25 heavy (non-hydrogen) atoms. The van der Waals surface area contributed by atoms with Gasteiger partial charge in [-0.3, -0.25) is 4.79 Å². The van der Waals surface area contributed by atoms with Crippen LogP contribution in [0.4, 0.5) is 11.4 Å². The predicted octanol–water partition coefficient (Wildman–Crippen LogP) is 2.38. The van der Waals surface area contributed by atoms with Crippen LogP contribution in [-0.4, -0.2) is 44.2 Å². The lowest BCUT2D eigenvalue weighted by atomic mass is 10.1. The lowest BCUT2D eigenvalue weighted by Gasteiger charge is -2.11. The number of amides is 1. The number of hydrogen-bond donors (Lipinski definition) is 2. The maximum atomic E-state index is 12.0. The molecule has 0 aliphatic rings. The van der Waals surface area contributed by atoms with Crippen molar-refractivity contribution >= 4 is 23.3 Å². The molecule has 0 fully saturated rings. The van der Waals surface area contributed by atoms with Crippen LogP contribution in [0.25, 0.3) is 0 Å². The highest BCUT2D eigenvalue weighted by Crippen LogP contribution is 2.21. The second kappa shape index (κ2) is 9.39. The van der Waals surface area contributed by atoms with Crippen molar-refractivity contribution in [1.82, 2.24) is 10.3 Å². The third-order valence-electron chi connectivity index (χ3n) is 3.42. The van der Waals surface area contributed by atoms with Gasteiger partial charge in [0.2, 0.25) is 0 Å². The fraction of sp³-hybridized carbons (Fsp3) is 0.278. The molecule has 0 saturated carbocycles. The number of anilines is 2. The molecular weight excluding hydrogens is 322 g/mol. The van der Waals surface area contributed by atoms with Gasteiger partial charge in [-0.1, -0.05) is 12.1 Å². The third-order valence-corrected chi connectivity index (χ3v) is 3.42. The summed E-state index contributed by atoms with van der Waals surface area (Å²) in [7, 11) is 2.95. The van der Waals surface area contributed by atoms with Gasteiger partial charge in [0.1, 0.15) is 5.69 Å². The Bertz CT molecular complexity index is 717. The van der Waals surface area contributed by atoms with Crippen molar-refractivity contribution < 1.29 is 19.1 Å². The molecule has 7 nitrogen and oxygen atoms in total. The number of nitrogens with zero attached hydrogens (tertiary/aromatic N) is 1. The quantitative estimate of drug-likeness (QED) is 0.565. The maximum Gasteiger partial charge on any atom is 0.339 e. The van der Waals surface area contributed by atoms with E-state index in [-0.39, 0.29) is 5.91 Å². The zero-order valence-corrected chi connectivity index (χ0v) is 14.2. The van der Waals surface area contributed by atoms with Gasteiger partial charge in [0.05, 0.1) is 30.2 Å². The van der Waals surface area contributed by atoms with E-state index in [2.05, 4.69) is 15.6 Å². The Morgan fingerprint density at radius 3 is 2.60 bits per heavy atom. The van der Waals surface area contributed by atoms with Crippen LogP contribution in [0.2, 0.25) is 0 Å². The number of carbonyl (C=O) groups is 2. The number of hydrogen-bond acceptors (Lipinski definition) is 6. The first-order chi connectivity index (χ1) is 12.2. The molecule has 2 rings (SSSR count). The van der Waals surface area contributed by atoms with Crippen LogP contribution in [0.5, 0.6) is 0 Å². The lowest BCUT2D eigenvalue weighted by Crippen LogP contribution is -2.26. The van der Waals surface area contributed by atoms with Crippen molar-refractivity contribution in [3.8, 4) is 0 Å². The Balaban J connectivity index is 2.01. The predicted molar refractivity (Wildman–Crippen MR) is 94.1 cm³/mol. The first-order valence-corrected chi connectivity index (χ1v) is 7.83. The summed E-state index contributed by atoms with van der Waals surface area (Å²) in [5.41, 5.74) is 2.01. The molecule has 0 unspecified atom stereocenters. The van der Waals surface area contributed by atoms with E-state index in [4.69, 9.17) is 9.47 Å². The Morgan fingerprint density at radius 2 is 1.92 bits per heavy atom. The minimum atomic E-state index is -0.428. The number of methoxy groups -OCH3 is 2. The third kappa shape index (κ3) is 5.29. The molecular formula is C18H21N3O4. The zero-order valence-electron chi connectivity index (χ0n) is 14.2. The summed E-state index contributed by atoms with van der Waals surface area (Å²) in [6.07, 6.45) is 2.28. The van der Waals surface area contributed by atoms with Crippen molar-refractivity contribution in [3.63, 3.8) is 0 Å². The molecule has 132 valence electrons. The molecule has 0 atom stereocenters. The van der Waals surface area contributed by atoms with Gasteiger partial charge in [0.25, 0.3) is 5.91 Å². The number of pyridine rings is 1. The molecule has 1 aromatic heterocycles. The molecule has 1 amide bonds. The molecule has 0 aliphatic heterocycles. The van der Waals surface area contributed by atoms with E-state index in [1.807, 2.05) is 6.07 Å². The smallest absolute Gasteiger partial charge is 0.339 e. The summed E-state index contributed by atoms with van der Waals surface area (Å²) in [6, 6.07) is 10.3. The van der Waals surface area contributed by atoms with E-state index in [9.17, 15) is 9.59 Å². The van der Waals surface area contributed by atoms with Crippen LogP contribution in [0, 0.1) is 0 Å². The second-order valence-electron chi connectivity index (χ2n) is 5.20. The summed E-state index contributed by atoms with van der Waals surface area (Å²) in [5, 5.41) is 5.87. The minimum absolute atomic E-state index is 0.238. The fourth-order valence-corrected chi connectivity index (χ4v) is 2.15. The van der Waals surface area contributed by atoms with Crippen LogP contribution in [-0.2, 0) is 9.47 Å². The normalized spacial score (nSPS) is 10.2. The number of aromatic nitrogens is 1. The van der Waals surface area contributed by atoms with E-state index >= 15 is 0 Å². The molecule has 0 saturated heterocycles. The molecule has 0 radical (unpaired) electrons. The number of para-hydroxylation sites is 1. The van der Waals surface area contributed by atoms with E-state index in [1.165, 1.54) is 13.3 Å². The minimum Gasteiger partial charge on any atom is -0.465 e. The van der Waals surface area contributed by atoms with Gasteiger partial charge in [0, 0.05) is 20.3 Å². The Hall–Kier alpha value is -2.93. The number of carbonyl (C=O) groups excluding carboxylic acids is 2. The molecule has 1 aromatic carbocycles. The largest absolute Gasteiger partial charge is 0.465 e. The Kier molecular flexibility index (Phi) is 6.91. The summed E-state index contributed by atoms with van der Waals surface area (Å²) >= 11 is 0. The van der Waals surface area contributed by atoms with Crippen molar-refractivity contribution in [2.24, 2.45) is 0 Å². The molecule has 0 bridgehead atoms. The van der Waals surface area contributed by atoms with Crippen LogP contribution in [0.15, 0.2) is 42.6 Å². The van der Waals surface area contributed by atoms with Gasteiger partial charge in [-0.05, 0) is 30.7 Å². The number of esters is 1. The monoisotopic (exact) mass is 343 g/mol. The van der Waals surface area contributed by atoms with Crippen molar-refractivity contribution in [2.45, 2.75) is 6.42 Å². The number of ether oxygens (including phenoxy) is 2. The van der Waals surface area contributed by atoms with Gasteiger partial charge >= 0.3 is 5.97 Å². The Morgan fingerprint density at radius 1 is 1.12 bits per heavy atom. The number of nitrogens with one attached hydrogen (secondary N) is 2. The van der Waals surface area contributed by atoms with Crippen molar-refractivity contribution in [3.05, 3.63) is 53.9 Å². The van der Waals surface area contributed by atoms with E-state index in [0.29, 0.717) is 35.8 Å². The average Bonchev–Trinajstić information content (AvgIpc) is 2.65. The average molecular weight is 343 g/mol. The van der Waals surface area contributed by atoms with Gasteiger partial charge in [-0.15, -0.1) is 0 Å². The van der Waals surface area contributed by atoms with Gasteiger partial charge in [-0.25, -0.2) is 9.78 Å². The summed E-state index contributed by atoms with van der Waals surface area (Å²) in [4.78, 5) is 27.9. The van der Waals surface area contributed by atoms with Gasteiger partial charge in [0.15, 0.2) is 0 Å². The van der Waals surface area contributed by atoms with Gasteiger partial charge < -0.3 is 20.1 Å². The van der Waals surface area contributed by atoms with E-state index in [0.717, 1.165) is 6.42 Å². The molecule has 2 N–H and O–H groups in total. The van der Waals surface area contributed by atoms with Gasteiger partial charge in [-0.2, -0.15) is 0 Å². The summed E-state index contributed by atoms with van der Waals surface area (Å²) in [5.74, 6) is -0.666. The molecule has 0 aliphatic carbocycles. The molecule has 7 heteroatoms. The maximum absolute atomic E-state index is 12.0. The van der Waals surface area contributed by atoms with Crippen LogP contribution in [0.1, 0.15) is 27.3 Å². The molecule has 1 heterocycles. The Labute approximate surface area is 146 Å².